The van der Waals surface area contributed by atoms with E-state index in [1.54, 1.807) is 32.1 Å². The lowest BCUT2D eigenvalue weighted by Gasteiger charge is -2.29. The summed E-state index contributed by atoms with van der Waals surface area (Å²) in [6.45, 7) is 4.71. The van der Waals surface area contributed by atoms with Crippen LogP contribution in [0.15, 0.2) is 35.7 Å². The molecule has 8 nitrogen and oxygen atoms in total. The highest BCUT2D eigenvalue weighted by Crippen LogP contribution is 2.23. The third-order valence-corrected chi connectivity index (χ3v) is 7.29. The minimum atomic E-state index is -3.53. The Labute approximate surface area is 165 Å². The summed E-state index contributed by atoms with van der Waals surface area (Å²) in [4.78, 5) is 22.9. The number of piperidine rings is 1. The zero-order chi connectivity index (χ0) is 19.7. The molecule has 1 atom stereocenters. The molecule has 0 radical (unpaired) electrons. The zero-order valence-electron chi connectivity index (χ0n) is 16.0. The molecule has 2 aliphatic heterocycles. The number of aromatic nitrogens is 3. The highest BCUT2D eigenvalue weighted by molar-refractivity contribution is 7.89. The van der Waals surface area contributed by atoms with Gasteiger partial charge in [-0.3, -0.25) is 9.36 Å². The van der Waals surface area contributed by atoms with Crippen molar-refractivity contribution in [2.24, 2.45) is 5.92 Å². The number of imidazole rings is 1. The van der Waals surface area contributed by atoms with Gasteiger partial charge in [0.25, 0.3) is 5.91 Å². The Kier molecular flexibility index (Phi) is 5.20. The molecule has 4 heterocycles. The summed E-state index contributed by atoms with van der Waals surface area (Å²) in [5.41, 5.74) is 0.378. The quantitative estimate of drug-likeness (QED) is 0.778. The molecule has 28 heavy (non-hydrogen) atoms. The molecule has 9 heteroatoms. The third kappa shape index (κ3) is 3.68. The lowest BCUT2D eigenvalue weighted by atomic mass is 10.0. The van der Waals surface area contributed by atoms with Crippen LogP contribution in [0, 0.1) is 5.92 Å². The van der Waals surface area contributed by atoms with Gasteiger partial charge in [-0.15, -0.1) is 0 Å². The minimum Gasteiger partial charge on any atom is -0.337 e. The van der Waals surface area contributed by atoms with Crippen LogP contribution in [-0.4, -0.2) is 64.2 Å². The van der Waals surface area contributed by atoms with Crippen molar-refractivity contribution in [2.45, 2.75) is 37.5 Å². The number of carbonyl (C=O) groups is 1. The van der Waals surface area contributed by atoms with E-state index in [0.29, 0.717) is 30.5 Å². The van der Waals surface area contributed by atoms with Crippen molar-refractivity contribution in [1.82, 2.24) is 23.7 Å². The number of likely N-dealkylation sites (tertiary alicyclic amines) is 1. The number of pyridine rings is 1. The molecule has 0 spiro atoms. The van der Waals surface area contributed by atoms with Crippen molar-refractivity contribution < 1.29 is 13.2 Å². The van der Waals surface area contributed by atoms with Gasteiger partial charge >= 0.3 is 0 Å². The van der Waals surface area contributed by atoms with Crippen LogP contribution in [0.4, 0.5) is 0 Å². The molecular weight excluding hydrogens is 378 g/mol. The fourth-order valence-corrected chi connectivity index (χ4v) is 5.38. The number of sulfonamides is 1. The van der Waals surface area contributed by atoms with E-state index in [1.165, 1.54) is 12.5 Å². The van der Waals surface area contributed by atoms with Crippen LogP contribution in [0.25, 0.3) is 5.82 Å². The van der Waals surface area contributed by atoms with E-state index in [1.807, 2.05) is 0 Å². The average Bonchev–Trinajstić information content (AvgIpc) is 3.40. The van der Waals surface area contributed by atoms with E-state index in [4.69, 9.17) is 0 Å². The van der Waals surface area contributed by atoms with Gasteiger partial charge in [-0.05, 0) is 43.7 Å². The molecule has 1 amide bonds. The van der Waals surface area contributed by atoms with Gasteiger partial charge in [0.05, 0.1) is 0 Å². The SMILES string of the molecule is CC1CCCN(S(=O)(=O)c2ccc(-n3cnc(C(=O)N4CCCC4)c3)nc2)C1. The van der Waals surface area contributed by atoms with Gasteiger partial charge in [0, 0.05) is 38.6 Å². The molecule has 0 saturated carbocycles. The molecular formula is C19H25N5O3S. The topological polar surface area (TPSA) is 88.4 Å². The van der Waals surface area contributed by atoms with E-state index in [2.05, 4.69) is 16.9 Å². The van der Waals surface area contributed by atoms with Gasteiger partial charge < -0.3 is 4.90 Å². The molecule has 2 aliphatic rings. The van der Waals surface area contributed by atoms with Crippen LogP contribution in [0.1, 0.15) is 43.1 Å². The molecule has 0 N–H and O–H groups in total. The zero-order valence-corrected chi connectivity index (χ0v) is 16.8. The summed E-state index contributed by atoms with van der Waals surface area (Å²) in [5.74, 6) is 0.821. The molecule has 2 aromatic rings. The number of hydrogen-bond donors (Lipinski definition) is 0. The molecule has 0 aliphatic carbocycles. The van der Waals surface area contributed by atoms with Crippen LogP contribution in [0.5, 0.6) is 0 Å². The summed E-state index contributed by atoms with van der Waals surface area (Å²) in [6.07, 6.45) is 8.55. The van der Waals surface area contributed by atoms with Crippen molar-refractivity contribution >= 4 is 15.9 Å². The van der Waals surface area contributed by atoms with Crippen LogP contribution < -0.4 is 0 Å². The van der Waals surface area contributed by atoms with Crippen molar-refractivity contribution in [2.75, 3.05) is 26.2 Å². The van der Waals surface area contributed by atoms with Crippen molar-refractivity contribution in [1.29, 1.82) is 0 Å². The first-order chi connectivity index (χ1) is 13.4. The summed E-state index contributed by atoms with van der Waals surface area (Å²) in [7, 11) is -3.53. The molecule has 0 aromatic carbocycles. The summed E-state index contributed by atoms with van der Waals surface area (Å²) in [5, 5.41) is 0. The summed E-state index contributed by atoms with van der Waals surface area (Å²) in [6, 6.07) is 3.21. The maximum atomic E-state index is 12.8. The maximum Gasteiger partial charge on any atom is 0.274 e. The molecule has 2 aromatic heterocycles. The third-order valence-electron chi connectivity index (χ3n) is 5.44. The second-order valence-electron chi connectivity index (χ2n) is 7.63. The van der Waals surface area contributed by atoms with Gasteiger partial charge in [-0.1, -0.05) is 6.92 Å². The number of nitrogens with zero attached hydrogens (tertiary/aromatic N) is 5. The maximum absolute atomic E-state index is 12.8. The molecule has 4 rings (SSSR count). The van der Waals surface area contributed by atoms with E-state index in [0.717, 1.165) is 38.8 Å². The second-order valence-corrected chi connectivity index (χ2v) is 9.57. The van der Waals surface area contributed by atoms with Crippen LogP contribution in [-0.2, 0) is 10.0 Å². The van der Waals surface area contributed by atoms with Gasteiger partial charge in [0.2, 0.25) is 10.0 Å². The normalized spacial score (nSPS) is 21.2. The Hall–Kier alpha value is -2.26. The average molecular weight is 404 g/mol. The fraction of sp³-hybridized carbons (Fsp3) is 0.526. The number of hydrogen-bond acceptors (Lipinski definition) is 5. The first kappa shape index (κ1) is 19.1. The molecule has 1 unspecified atom stereocenters. The highest BCUT2D eigenvalue weighted by atomic mass is 32.2. The Morgan fingerprint density at radius 2 is 1.89 bits per heavy atom. The minimum absolute atomic E-state index is 0.0744. The molecule has 0 bridgehead atoms. The predicted octanol–water partition coefficient (Wildman–Crippen LogP) is 1.92. The second kappa shape index (κ2) is 7.63. The van der Waals surface area contributed by atoms with E-state index < -0.39 is 10.0 Å². The Balaban J connectivity index is 1.51. The predicted molar refractivity (Wildman–Crippen MR) is 104 cm³/mol. The number of carbonyl (C=O) groups excluding carboxylic acids is 1. The van der Waals surface area contributed by atoms with Gasteiger partial charge in [0.1, 0.15) is 22.7 Å². The molecule has 2 fully saturated rings. The fourth-order valence-electron chi connectivity index (χ4n) is 3.83. The van der Waals surface area contributed by atoms with E-state index in [9.17, 15) is 13.2 Å². The Morgan fingerprint density at radius 1 is 1.11 bits per heavy atom. The highest BCUT2D eigenvalue weighted by Gasteiger charge is 2.29. The van der Waals surface area contributed by atoms with Crippen LogP contribution >= 0.6 is 0 Å². The van der Waals surface area contributed by atoms with Gasteiger partial charge in [0.15, 0.2) is 0 Å². The monoisotopic (exact) mass is 403 g/mol. The lowest BCUT2D eigenvalue weighted by Crippen LogP contribution is -2.39. The van der Waals surface area contributed by atoms with Crippen LogP contribution in [0.3, 0.4) is 0 Å². The first-order valence-electron chi connectivity index (χ1n) is 9.75. The molecule has 150 valence electrons. The van der Waals surface area contributed by atoms with Crippen molar-refractivity contribution in [3.05, 3.63) is 36.5 Å². The van der Waals surface area contributed by atoms with Crippen molar-refractivity contribution in [3.8, 4) is 5.82 Å². The van der Waals surface area contributed by atoms with Gasteiger partial charge in [-0.2, -0.15) is 4.31 Å². The summed E-state index contributed by atoms with van der Waals surface area (Å²) >= 11 is 0. The van der Waals surface area contributed by atoms with E-state index in [-0.39, 0.29) is 10.8 Å². The Bertz CT molecular complexity index is 948. The molecule has 2 saturated heterocycles. The summed E-state index contributed by atoms with van der Waals surface area (Å²) < 4.78 is 28.9. The smallest absolute Gasteiger partial charge is 0.274 e. The standard InChI is InChI=1S/C19H25N5O3S/c1-15-5-4-10-24(12-15)28(26,27)16-6-7-18(20-11-16)23-13-17(21-14-23)19(25)22-8-2-3-9-22/h6-7,11,13-15H,2-5,8-10,12H2,1H3. The van der Waals surface area contributed by atoms with Gasteiger partial charge in [-0.25, -0.2) is 18.4 Å². The van der Waals surface area contributed by atoms with Crippen molar-refractivity contribution in [3.63, 3.8) is 0 Å². The van der Waals surface area contributed by atoms with E-state index >= 15 is 0 Å². The van der Waals surface area contributed by atoms with Crippen LogP contribution in [0.2, 0.25) is 0 Å². The largest absolute Gasteiger partial charge is 0.337 e. The first-order valence-corrected chi connectivity index (χ1v) is 11.2. The number of rotatable bonds is 4. The lowest BCUT2D eigenvalue weighted by molar-refractivity contribution is 0.0787. The number of amides is 1. The Morgan fingerprint density at radius 3 is 2.57 bits per heavy atom.